The van der Waals surface area contributed by atoms with Gasteiger partial charge in [0.25, 0.3) is 0 Å². The molecule has 4 nitrogen and oxygen atoms in total. The predicted molar refractivity (Wildman–Crippen MR) is 68.3 cm³/mol. The van der Waals surface area contributed by atoms with Gasteiger partial charge in [-0.3, -0.25) is 0 Å². The number of aliphatic hydroxyl groups excluding tert-OH is 1. The van der Waals surface area contributed by atoms with Crippen molar-refractivity contribution in [2.24, 2.45) is 0 Å². The van der Waals surface area contributed by atoms with Crippen LogP contribution in [0.15, 0.2) is 0 Å². The van der Waals surface area contributed by atoms with Crippen molar-refractivity contribution in [1.82, 2.24) is 5.32 Å². The van der Waals surface area contributed by atoms with E-state index in [4.69, 9.17) is 21.4 Å². The summed E-state index contributed by atoms with van der Waals surface area (Å²) in [5.74, 6) is 1.55. The third-order valence-corrected chi connectivity index (χ3v) is 2.87. The van der Waals surface area contributed by atoms with Crippen molar-refractivity contribution < 1.29 is 14.6 Å². The fourth-order valence-corrected chi connectivity index (χ4v) is 1.84. The normalized spacial score (nSPS) is 13.3. The number of halogens is 1. The Kier molecular flexibility index (Phi) is 7.97. The number of nitrogens with one attached hydrogen (secondary N) is 1. The Morgan fingerprint density at radius 3 is 2.69 bits per heavy atom. The first-order chi connectivity index (χ1) is 7.35. The maximum absolute atomic E-state index is 11.2. The van der Waals surface area contributed by atoms with Gasteiger partial charge in [-0.25, -0.2) is 4.79 Å². The van der Waals surface area contributed by atoms with Gasteiger partial charge in [-0.15, -0.1) is 11.6 Å². The Morgan fingerprint density at radius 1 is 1.56 bits per heavy atom. The highest BCUT2D eigenvalue weighted by molar-refractivity contribution is 7.99. The maximum atomic E-state index is 11.2. The van der Waals surface area contributed by atoms with Gasteiger partial charge in [-0.1, -0.05) is 0 Å². The molecule has 0 aromatic heterocycles. The smallest absolute Gasteiger partial charge is 0.407 e. The number of carbonyl (C=O) groups excluding carboxylic acids is 1. The quantitative estimate of drug-likeness (QED) is 0.571. The Morgan fingerprint density at radius 2 is 2.19 bits per heavy atom. The average molecular weight is 270 g/mol. The van der Waals surface area contributed by atoms with E-state index in [1.807, 2.05) is 20.8 Å². The molecule has 16 heavy (non-hydrogen) atoms. The van der Waals surface area contributed by atoms with E-state index in [1.165, 1.54) is 0 Å². The molecule has 6 heteroatoms. The molecule has 0 aliphatic carbocycles. The standard InChI is InChI=1S/C10H20ClNO3S/c1-10(2,3)15-9(14)12-4-5-16-7-8(13)6-11/h8,13H,4-7H2,1-3H3,(H,12,14). The van der Waals surface area contributed by atoms with Crippen LogP contribution in [-0.4, -0.2) is 46.8 Å². The second-order valence-corrected chi connectivity index (χ2v) is 5.77. The van der Waals surface area contributed by atoms with E-state index in [0.29, 0.717) is 12.3 Å². The van der Waals surface area contributed by atoms with Crippen molar-refractivity contribution in [2.45, 2.75) is 32.5 Å². The zero-order chi connectivity index (χ0) is 12.6. The number of carbonyl (C=O) groups is 1. The largest absolute Gasteiger partial charge is 0.444 e. The topological polar surface area (TPSA) is 58.6 Å². The van der Waals surface area contributed by atoms with E-state index >= 15 is 0 Å². The van der Waals surface area contributed by atoms with Gasteiger partial charge in [0.15, 0.2) is 0 Å². The minimum atomic E-state index is -0.479. The molecular weight excluding hydrogens is 250 g/mol. The Labute approximate surface area is 106 Å². The van der Waals surface area contributed by atoms with E-state index in [0.717, 1.165) is 5.75 Å². The van der Waals surface area contributed by atoms with Crippen molar-refractivity contribution in [1.29, 1.82) is 0 Å². The monoisotopic (exact) mass is 269 g/mol. The van der Waals surface area contributed by atoms with E-state index in [2.05, 4.69) is 5.32 Å². The SMILES string of the molecule is CC(C)(C)OC(=O)NCCSCC(O)CCl. The number of alkyl carbamates (subject to hydrolysis) is 1. The number of amides is 1. The van der Waals surface area contributed by atoms with E-state index in [-0.39, 0.29) is 5.88 Å². The van der Waals surface area contributed by atoms with Crippen LogP contribution in [0.2, 0.25) is 0 Å². The molecule has 0 aromatic rings. The van der Waals surface area contributed by atoms with Crippen molar-refractivity contribution in [3.63, 3.8) is 0 Å². The number of hydrogen-bond donors (Lipinski definition) is 2. The van der Waals surface area contributed by atoms with Crippen LogP contribution in [0.25, 0.3) is 0 Å². The number of ether oxygens (including phenoxy) is 1. The van der Waals surface area contributed by atoms with Crippen LogP contribution in [0, 0.1) is 0 Å². The molecule has 0 heterocycles. The minimum absolute atomic E-state index is 0.243. The van der Waals surface area contributed by atoms with Gasteiger partial charge < -0.3 is 15.2 Å². The van der Waals surface area contributed by atoms with Crippen LogP contribution in [0.1, 0.15) is 20.8 Å². The van der Waals surface area contributed by atoms with E-state index in [1.54, 1.807) is 11.8 Å². The molecule has 0 aliphatic rings. The van der Waals surface area contributed by atoms with Gasteiger partial charge >= 0.3 is 6.09 Å². The van der Waals surface area contributed by atoms with Gasteiger partial charge in [-0.2, -0.15) is 11.8 Å². The summed E-state index contributed by atoms with van der Waals surface area (Å²) in [4.78, 5) is 11.2. The summed E-state index contributed by atoms with van der Waals surface area (Å²) < 4.78 is 5.06. The lowest BCUT2D eigenvalue weighted by atomic mass is 10.2. The second-order valence-electron chi connectivity index (χ2n) is 4.31. The van der Waals surface area contributed by atoms with Gasteiger partial charge in [0.2, 0.25) is 0 Å². The first-order valence-electron chi connectivity index (χ1n) is 5.14. The molecule has 0 fully saturated rings. The molecule has 2 N–H and O–H groups in total. The van der Waals surface area contributed by atoms with Crippen molar-refractivity contribution in [3.8, 4) is 0 Å². The summed E-state index contributed by atoms with van der Waals surface area (Å²) in [5, 5.41) is 11.8. The van der Waals surface area contributed by atoms with Crippen LogP contribution >= 0.6 is 23.4 Å². The van der Waals surface area contributed by atoms with Crippen LogP contribution in [0.5, 0.6) is 0 Å². The summed E-state index contributed by atoms with van der Waals surface area (Å²) in [5.41, 5.74) is -0.466. The zero-order valence-electron chi connectivity index (χ0n) is 9.96. The van der Waals surface area contributed by atoms with Crippen LogP contribution in [-0.2, 0) is 4.74 Å². The second kappa shape index (κ2) is 8.03. The highest BCUT2D eigenvalue weighted by Crippen LogP contribution is 2.07. The van der Waals surface area contributed by atoms with E-state index in [9.17, 15) is 4.79 Å². The van der Waals surface area contributed by atoms with Gasteiger partial charge in [0, 0.05) is 23.9 Å². The van der Waals surface area contributed by atoms with Crippen LogP contribution in [0.4, 0.5) is 4.79 Å². The lowest BCUT2D eigenvalue weighted by Crippen LogP contribution is -2.33. The minimum Gasteiger partial charge on any atom is -0.444 e. The summed E-state index contributed by atoms with van der Waals surface area (Å²) in [7, 11) is 0. The maximum Gasteiger partial charge on any atom is 0.407 e. The third-order valence-electron chi connectivity index (χ3n) is 1.40. The zero-order valence-corrected chi connectivity index (χ0v) is 11.5. The molecule has 0 saturated carbocycles. The molecular formula is C10H20ClNO3S. The highest BCUT2D eigenvalue weighted by atomic mass is 35.5. The summed E-state index contributed by atoms with van der Waals surface area (Å²) in [6.07, 6.45) is -0.890. The predicted octanol–water partition coefficient (Wildman–Crippen LogP) is 1.84. The lowest BCUT2D eigenvalue weighted by molar-refractivity contribution is 0.0531. The van der Waals surface area contributed by atoms with Crippen LogP contribution < -0.4 is 5.32 Å². The molecule has 0 spiro atoms. The molecule has 0 aliphatic heterocycles. The number of rotatable bonds is 6. The van der Waals surface area contributed by atoms with Crippen molar-refractivity contribution in [3.05, 3.63) is 0 Å². The fourth-order valence-electron chi connectivity index (χ4n) is 0.803. The lowest BCUT2D eigenvalue weighted by Gasteiger charge is -2.19. The molecule has 0 radical (unpaired) electrons. The van der Waals surface area contributed by atoms with Gasteiger partial charge in [-0.05, 0) is 20.8 Å². The summed E-state index contributed by atoms with van der Waals surface area (Å²) >= 11 is 6.98. The first-order valence-corrected chi connectivity index (χ1v) is 6.82. The van der Waals surface area contributed by atoms with Gasteiger partial charge in [0.1, 0.15) is 5.60 Å². The first kappa shape index (κ1) is 15.9. The molecule has 1 atom stereocenters. The third kappa shape index (κ3) is 10.4. The molecule has 0 saturated heterocycles. The number of aliphatic hydroxyl groups is 1. The molecule has 1 unspecified atom stereocenters. The molecule has 0 rings (SSSR count). The van der Waals surface area contributed by atoms with Crippen LogP contribution in [0.3, 0.4) is 0 Å². The highest BCUT2D eigenvalue weighted by Gasteiger charge is 2.15. The molecule has 0 aromatic carbocycles. The number of thioether (sulfide) groups is 1. The van der Waals surface area contributed by atoms with Crippen molar-refractivity contribution in [2.75, 3.05) is 23.9 Å². The molecule has 0 bridgehead atoms. The van der Waals surface area contributed by atoms with Gasteiger partial charge in [0.05, 0.1) is 6.10 Å². The molecule has 1 amide bonds. The van der Waals surface area contributed by atoms with E-state index < -0.39 is 17.8 Å². The summed E-state index contributed by atoms with van der Waals surface area (Å²) in [6, 6.07) is 0. The molecule has 96 valence electrons. The average Bonchev–Trinajstić information content (AvgIpc) is 2.14. The Hall–Kier alpha value is -0.130. The summed E-state index contributed by atoms with van der Waals surface area (Å²) in [6.45, 7) is 5.98. The van der Waals surface area contributed by atoms with Crippen molar-refractivity contribution >= 4 is 29.5 Å². The number of hydrogen-bond acceptors (Lipinski definition) is 4. The Bertz CT molecular complexity index is 209. The number of alkyl halides is 1. The fraction of sp³-hybridized carbons (Fsp3) is 0.900. The Balaban J connectivity index is 3.42.